The average molecular weight is 775 g/mol. The average Bonchev–Trinajstić information content (AvgIpc) is 3.67. The van der Waals surface area contributed by atoms with E-state index in [4.69, 9.17) is 4.98 Å². The number of hydrogen-bond acceptors (Lipinski definition) is 1. The zero-order valence-corrected chi connectivity index (χ0v) is 33.3. The minimum atomic E-state index is 0.890. The number of fused-ring (bicyclic) bond motifs is 9. The molecule has 10 aromatic carbocycles. The first-order valence-corrected chi connectivity index (χ1v) is 20.9. The largest absolute Gasteiger partial charge is 0.294 e. The van der Waals surface area contributed by atoms with Gasteiger partial charge in [0.25, 0.3) is 0 Å². The van der Waals surface area contributed by atoms with Crippen LogP contribution in [0.4, 0.5) is 0 Å². The first-order valence-electron chi connectivity index (χ1n) is 20.9. The van der Waals surface area contributed by atoms with Crippen molar-refractivity contribution in [3.8, 4) is 61.6 Å². The fourth-order valence-corrected chi connectivity index (χ4v) is 9.42. The molecule has 0 fully saturated rings. The molecule has 2 aromatic heterocycles. The Bertz CT molecular complexity index is 3500. The molecule has 0 aliphatic carbocycles. The highest BCUT2D eigenvalue weighted by Gasteiger charge is 2.17. The van der Waals surface area contributed by atoms with Gasteiger partial charge in [-0.15, -0.1) is 0 Å². The van der Waals surface area contributed by atoms with Gasteiger partial charge in [-0.1, -0.05) is 176 Å². The lowest BCUT2D eigenvalue weighted by atomic mass is 9.91. The molecule has 61 heavy (non-hydrogen) atoms. The number of nitrogens with zero attached hydrogens (tertiary/aromatic N) is 2. The Hall–Kier alpha value is -8.07. The summed E-state index contributed by atoms with van der Waals surface area (Å²) in [4.78, 5) is 5.39. The fourth-order valence-electron chi connectivity index (χ4n) is 9.42. The van der Waals surface area contributed by atoms with Gasteiger partial charge in [-0.05, 0) is 131 Å². The second-order valence-corrected chi connectivity index (χ2v) is 15.9. The van der Waals surface area contributed by atoms with Gasteiger partial charge >= 0.3 is 0 Å². The zero-order valence-electron chi connectivity index (χ0n) is 33.3. The van der Waals surface area contributed by atoms with E-state index in [-0.39, 0.29) is 0 Å². The van der Waals surface area contributed by atoms with E-state index in [0.717, 1.165) is 33.7 Å². The highest BCUT2D eigenvalue weighted by atomic mass is 15.1. The van der Waals surface area contributed by atoms with Crippen molar-refractivity contribution in [2.24, 2.45) is 0 Å². The number of benzene rings is 10. The molecule has 0 radical (unpaired) electrons. The third-order valence-corrected chi connectivity index (χ3v) is 12.4. The first-order chi connectivity index (χ1) is 30.2. The van der Waals surface area contributed by atoms with Crippen LogP contribution in [0.5, 0.6) is 0 Å². The molecule has 2 heterocycles. The second kappa shape index (κ2) is 14.3. The van der Waals surface area contributed by atoms with Crippen molar-refractivity contribution in [2.75, 3.05) is 0 Å². The maximum Gasteiger partial charge on any atom is 0.138 e. The monoisotopic (exact) mass is 774 g/mol. The summed E-state index contributed by atoms with van der Waals surface area (Å²) in [5.41, 5.74) is 13.8. The van der Waals surface area contributed by atoms with Gasteiger partial charge in [0.05, 0.1) is 16.7 Å². The van der Waals surface area contributed by atoms with E-state index in [1.54, 1.807) is 0 Å². The van der Waals surface area contributed by atoms with E-state index < -0.39 is 0 Å². The van der Waals surface area contributed by atoms with Crippen LogP contribution in [-0.2, 0) is 0 Å². The molecule has 0 amide bonds. The van der Waals surface area contributed by atoms with E-state index in [2.05, 4.69) is 235 Å². The molecule has 12 aromatic rings. The molecule has 0 spiro atoms. The predicted octanol–water partition coefficient (Wildman–Crippen LogP) is 16.0. The van der Waals surface area contributed by atoms with Crippen LogP contribution in [0.1, 0.15) is 0 Å². The number of rotatable bonds is 6. The van der Waals surface area contributed by atoms with Crippen LogP contribution >= 0.6 is 0 Å². The molecule has 0 aliphatic heterocycles. The molecule has 0 unspecified atom stereocenters. The molecule has 0 bridgehead atoms. The van der Waals surface area contributed by atoms with Crippen LogP contribution < -0.4 is 0 Å². The van der Waals surface area contributed by atoms with Gasteiger partial charge < -0.3 is 0 Å². The minimum absolute atomic E-state index is 0.890. The number of aromatic nitrogens is 2. The third kappa shape index (κ3) is 6.00. The highest BCUT2D eigenvalue weighted by Crippen LogP contribution is 2.40. The van der Waals surface area contributed by atoms with Gasteiger partial charge in [-0.2, -0.15) is 0 Å². The van der Waals surface area contributed by atoms with Gasteiger partial charge in [0.2, 0.25) is 0 Å². The molecule has 12 rings (SSSR count). The molecule has 0 saturated carbocycles. The lowest BCUT2D eigenvalue weighted by Gasteiger charge is -2.13. The molecule has 0 saturated heterocycles. The van der Waals surface area contributed by atoms with Crippen LogP contribution in [0.15, 0.2) is 231 Å². The first kappa shape index (κ1) is 34.9. The van der Waals surface area contributed by atoms with Gasteiger partial charge in [0, 0.05) is 16.3 Å². The standard InChI is InChI=1S/C59H38N2/c1-3-14-39(15-4-1)44-29-32-57-54(37-44)55-38-45(40-16-5-2-6-17-40)30-33-58(55)61(57)59-27-13-26-56(60-59)47-21-12-20-43(35-47)41-18-11-19-42(34-41)46-28-31-52-50-24-8-7-22-48(50)49-23-9-10-25-51(49)53(52)36-46/h1-38H. The van der Waals surface area contributed by atoms with E-state index in [0.29, 0.717) is 0 Å². The van der Waals surface area contributed by atoms with E-state index in [1.165, 1.54) is 82.0 Å². The van der Waals surface area contributed by atoms with E-state index in [1.807, 2.05) is 0 Å². The molecule has 2 nitrogen and oxygen atoms in total. The Kier molecular flexibility index (Phi) is 8.21. The quantitative estimate of drug-likeness (QED) is 0.154. The summed E-state index contributed by atoms with van der Waals surface area (Å²) in [6.07, 6.45) is 0. The predicted molar refractivity (Wildman–Crippen MR) is 258 cm³/mol. The van der Waals surface area contributed by atoms with E-state index in [9.17, 15) is 0 Å². The maximum atomic E-state index is 5.39. The maximum absolute atomic E-state index is 5.39. The van der Waals surface area contributed by atoms with Crippen molar-refractivity contribution in [3.63, 3.8) is 0 Å². The van der Waals surface area contributed by atoms with Gasteiger partial charge in [0.15, 0.2) is 0 Å². The van der Waals surface area contributed by atoms with Crippen LogP contribution in [0.25, 0.3) is 116 Å². The Morgan fingerprint density at radius 2 is 0.607 bits per heavy atom. The summed E-state index contributed by atoms with van der Waals surface area (Å²) in [7, 11) is 0. The molecule has 0 aliphatic rings. The van der Waals surface area contributed by atoms with Crippen molar-refractivity contribution in [1.82, 2.24) is 9.55 Å². The van der Waals surface area contributed by atoms with Crippen molar-refractivity contribution < 1.29 is 0 Å². The normalized spacial score (nSPS) is 11.6. The Morgan fingerprint density at radius 3 is 1.16 bits per heavy atom. The van der Waals surface area contributed by atoms with Gasteiger partial charge in [-0.25, -0.2) is 4.98 Å². The summed E-state index contributed by atoms with van der Waals surface area (Å²) in [6, 6.07) is 83.5. The lowest BCUT2D eigenvalue weighted by Crippen LogP contribution is -1.98. The second-order valence-electron chi connectivity index (χ2n) is 15.9. The SMILES string of the molecule is c1ccc(-c2ccc3c(c2)c2cc(-c4ccccc4)ccc2n3-c2cccc(-c3cccc(-c4cccc(-c5ccc6c7ccccc7c7ccccc7c6c5)c4)c3)n2)cc1. The smallest absolute Gasteiger partial charge is 0.138 e. The molecule has 0 atom stereocenters. The van der Waals surface area contributed by atoms with Crippen LogP contribution in [0, 0.1) is 0 Å². The third-order valence-electron chi connectivity index (χ3n) is 12.4. The fraction of sp³-hybridized carbons (Fsp3) is 0. The van der Waals surface area contributed by atoms with E-state index >= 15 is 0 Å². The van der Waals surface area contributed by atoms with Crippen LogP contribution in [0.2, 0.25) is 0 Å². The Morgan fingerprint density at radius 1 is 0.230 bits per heavy atom. The summed E-state index contributed by atoms with van der Waals surface area (Å²) >= 11 is 0. The summed E-state index contributed by atoms with van der Waals surface area (Å²) < 4.78 is 2.32. The molecular weight excluding hydrogens is 737 g/mol. The van der Waals surface area contributed by atoms with Gasteiger partial charge in [-0.3, -0.25) is 4.57 Å². The van der Waals surface area contributed by atoms with Gasteiger partial charge in [0.1, 0.15) is 5.82 Å². The van der Waals surface area contributed by atoms with Crippen molar-refractivity contribution in [2.45, 2.75) is 0 Å². The summed E-state index contributed by atoms with van der Waals surface area (Å²) in [6.45, 7) is 0. The molecule has 0 N–H and O–H groups in total. The van der Waals surface area contributed by atoms with Crippen molar-refractivity contribution in [3.05, 3.63) is 231 Å². The Balaban J connectivity index is 0.939. The number of hydrogen-bond donors (Lipinski definition) is 0. The minimum Gasteiger partial charge on any atom is -0.294 e. The topological polar surface area (TPSA) is 17.8 Å². The van der Waals surface area contributed by atoms with Crippen LogP contribution in [-0.4, -0.2) is 9.55 Å². The summed E-state index contributed by atoms with van der Waals surface area (Å²) in [5.74, 6) is 0.890. The van der Waals surface area contributed by atoms with Crippen LogP contribution in [0.3, 0.4) is 0 Å². The highest BCUT2D eigenvalue weighted by molar-refractivity contribution is 6.25. The Labute approximate surface area is 354 Å². The lowest BCUT2D eigenvalue weighted by molar-refractivity contribution is 1.08. The molecular formula is C59H38N2. The van der Waals surface area contributed by atoms with Crippen molar-refractivity contribution >= 4 is 54.1 Å². The summed E-state index contributed by atoms with van der Waals surface area (Å²) in [5, 5.41) is 10.1. The zero-order chi connectivity index (χ0) is 40.3. The molecule has 2 heteroatoms. The molecule has 284 valence electrons. The van der Waals surface area contributed by atoms with Crippen molar-refractivity contribution in [1.29, 1.82) is 0 Å². The number of pyridine rings is 1.